The Labute approximate surface area is 98.0 Å². The Balaban J connectivity index is 2.23. The van der Waals surface area contributed by atoms with Crippen LogP contribution in [-0.2, 0) is 0 Å². The van der Waals surface area contributed by atoms with Crippen LogP contribution in [0.3, 0.4) is 0 Å². The number of nitrogen functional groups attached to an aromatic ring is 2. The zero-order valence-corrected chi connectivity index (χ0v) is 9.32. The molecule has 1 aromatic carbocycles. The number of carbonyl (C=O) groups is 1. The predicted octanol–water partition coefficient (Wildman–Crippen LogP) is 1.13. The van der Waals surface area contributed by atoms with Gasteiger partial charge in [0.1, 0.15) is 5.82 Å². The number of amides is 1. The van der Waals surface area contributed by atoms with Gasteiger partial charge in [-0.05, 0) is 25.1 Å². The number of H-pyrrole nitrogens is 1. The predicted molar refractivity (Wildman–Crippen MR) is 66.5 cm³/mol. The molecule has 17 heavy (non-hydrogen) atoms. The largest absolute Gasteiger partial charge is 0.399 e. The zero-order chi connectivity index (χ0) is 12.4. The van der Waals surface area contributed by atoms with Crippen LogP contribution in [0.4, 0.5) is 17.2 Å². The standard InChI is InChI=1S/C11H13N5O/c1-6-5-14-16-10(6)15-11(17)8-3-2-7(12)4-9(8)13/h2-5H,12-13H2,1H3,(H2,14,15,16,17). The van der Waals surface area contributed by atoms with Gasteiger partial charge in [-0.1, -0.05) is 0 Å². The molecule has 2 rings (SSSR count). The maximum Gasteiger partial charge on any atom is 0.258 e. The fourth-order valence-corrected chi connectivity index (χ4v) is 1.44. The molecule has 0 aliphatic heterocycles. The smallest absolute Gasteiger partial charge is 0.258 e. The van der Waals surface area contributed by atoms with E-state index >= 15 is 0 Å². The highest BCUT2D eigenvalue weighted by atomic mass is 16.1. The highest BCUT2D eigenvalue weighted by Gasteiger charge is 2.11. The summed E-state index contributed by atoms with van der Waals surface area (Å²) in [6.45, 7) is 1.84. The molecule has 1 heterocycles. The van der Waals surface area contributed by atoms with E-state index in [1.54, 1.807) is 24.4 Å². The topological polar surface area (TPSA) is 110 Å². The Morgan fingerprint density at radius 2 is 2.18 bits per heavy atom. The molecule has 0 atom stereocenters. The van der Waals surface area contributed by atoms with Crippen molar-refractivity contribution in [3.63, 3.8) is 0 Å². The Bertz CT molecular complexity index is 561. The highest BCUT2D eigenvalue weighted by Crippen LogP contribution is 2.18. The van der Waals surface area contributed by atoms with Gasteiger partial charge in [-0.15, -0.1) is 0 Å². The lowest BCUT2D eigenvalue weighted by molar-refractivity contribution is 0.102. The van der Waals surface area contributed by atoms with Gasteiger partial charge in [-0.25, -0.2) is 0 Å². The molecular weight excluding hydrogens is 218 g/mol. The van der Waals surface area contributed by atoms with Gasteiger partial charge in [-0.2, -0.15) is 5.10 Å². The fourth-order valence-electron chi connectivity index (χ4n) is 1.44. The van der Waals surface area contributed by atoms with E-state index in [9.17, 15) is 4.79 Å². The number of aromatic nitrogens is 2. The summed E-state index contributed by atoms with van der Waals surface area (Å²) in [4.78, 5) is 11.9. The lowest BCUT2D eigenvalue weighted by Gasteiger charge is -2.07. The lowest BCUT2D eigenvalue weighted by atomic mass is 10.1. The fraction of sp³-hybridized carbons (Fsp3) is 0.0909. The molecule has 0 saturated carbocycles. The number of benzene rings is 1. The van der Waals surface area contributed by atoms with Crippen LogP contribution in [0.1, 0.15) is 15.9 Å². The third kappa shape index (κ3) is 2.20. The second-order valence-corrected chi connectivity index (χ2v) is 3.73. The molecule has 2 aromatic rings. The summed E-state index contributed by atoms with van der Waals surface area (Å²) in [5.74, 6) is 0.265. The molecule has 0 aliphatic rings. The quantitative estimate of drug-likeness (QED) is 0.581. The second-order valence-electron chi connectivity index (χ2n) is 3.73. The van der Waals surface area contributed by atoms with Crippen molar-refractivity contribution in [3.05, 3.63) is 35.5 Å². The molecule has 1 amide bonds. The van der Waals surface area contributed by atoms with Crippen molar-refractivity contribution < 1.29 is 4.79 Å². The number of hydrogen-bond acceptors (Lipinski definition) is 4. The number of aryl methyl sites for hydroxylation is 1. The number of rotatable bonds is 2. The molecule has 0 fully saturated rings. The summed E-state index contributed by atoms with van der Waals surface area (Å²) >= 11 is 0. The number of hydrogen-bond donors (Lipinski definition) is 4. The van der Waals surface area contributed by atoms with Gasteiger partial charge < -0.3 is 16.8 Å². The van der Waals surface area contributed by atoms with Crippen molar-refractivity contribution >= 4 is 23.1 Å². The van der Waals surface area contributed by atoms with Crippen molar-refractivity contribution in [2.75, 3.05) is 16.8 Å². The molecular formula is C11H13N5O. The third-order valence-electron chi connectivity index (χ3n) is 2.39. The normalized spacial score (nSPS) is 10.2. The first-order valence-corrected chi connectivity index (χ1v) is 5.04. The summed E-state index contributed by atoms with van der Waals surface area (Å²) in [6.07, 6.45) is 1.63. The number of carbonyl (C=O) groups excluding carboxylic acids is 1. The average Bonchev–Trinajstić information content (AvgIpc) is 2.64. The number of nitrogens with zero attached hydrogens (tertiary/aromatic N) is 1. The Hall–Kier alpha value is -2.50. The second kappa shape index (κ2) is 4.17. The van der Waals surface area contributed by atoms with E-state index in [4.69, 9.17) is 11.5 Å². The molecule has 0 spiro atoms. The van der Waals surface area contributed by atoms with Crippen LogP contribution in [0, 0.1) is 6.92 Å². The molecule has 0 aliphatic carbocycles. The van der Waals surface area contributed by atoms with Gasteiger partial charge in [0.15, 0.2) is 0 Å². The number of aromatic amines is 1. The van der Waals surface area contributed by atoms with Gasteiger partial charge in [0.2, 0.25) is 0 Å². The van der Waals surface area contributed by atoms with E-state index in [0.717, 1.165) is 5.56 Å². The van der Waals surface area contributed by atoms with Gasteiger partial charge in [0, 0.05) is 16.9 Å². The monoisotopic (exact) mass is 231 g/mol. The van der Waals surface area contributed by atoms with Crippen LogP contribution < -0.4 is 16.8 Å². The molecule has 88 valence electrons. The Morgan fingerprint density at radius 3 is 2.76 bits per heavy atom. The minimum atomic E-state index is -0.296. The minimum absolute atomic E-state index is 0.296. The molecule has 6 heteroatoms. The molecule has 6 N–H and O–H groups in total. The van der Waals surface area contributed by atoms with Crippen molar-refractivity contribution in [3.8, 4) is 0 Å². The summed E-state index contributed by atoms with van der Waals surface area (Å²) in [6, 6.07) is 4.77. The summed E-state index contributed by atoms with van der Waals surface area (Å²) in [5.41, 5.74) is 13.4. The molecule has 1 aromatic heterocycles. The Morgan fingerprint density at radius 1 is 1.41 bits per heavy atom. The van der Waals surface area contributed by atoms with Gasteiger partial charge in [0.05, 0.1) is 11.8 Å². The lowest BCUT2D eigenvalue weighted by Crippen LogP contribution is -2.15. The summed E-state index contributed by atoms with van der Waals surface area (Å²) < 4.78 is 0. The molecule has 0 saturated heterocycles. The maximum atomic E-state index is 11.9. The van der Waals surface area contributed by atoms with Gasteiger partial charge in [0.25, 0.3) is 5.91 Å². The molecule has 0 unspecified atom stereocenters. The van der Waals surface area contributed by atoms with Crippen LogP contribution in [-0.4, -0.2) is 16.1 Å². The number of nitrogens with one attached hydrogen (secondary N) is 2. The maximum absolute atomic E-state index is 11.9. The van der Waals surface area contributed by atoms with Crippen LogP contribution in [0.2, 0.25) is 0 Å². The first-order valence-electron chi connectivity index (χ1n) is 5.04. The summed E-state index contributed by atoms with van der Waals surface area (Å²) in [7, 11) is 0. The third-order valence-corrected chi connectivity index (χ3v) is 2.39. The minimum Gasteiger partial charge on any atom is -0.399 e. The van der Waals surface area contributed by atoms with Crippen LogP contribution >= 0.6 is 0 Å². The van der Waals surface area contributed by atoms with E-state index in [2.05, 4.69) is 15.5 Å². The number of nitrogens with two attached hydrogens (primary N) is 2. The van der Waals surface area contributed by atoms with E-state index in [-0.39, 0.29) is 5.91 Å². The van der Waals surface area contributed by atoms with Crippen LogP contribution in [0.25, 0.3) is 0 Å². The summed E-state index contributed by atoms with van der Waals surface area (Å²) in [5, 5.41) is 9.19. The SMILES string of the molecule is Cc1cn[nH]c1NC(=O)c1ccc(N)cc1N. The van der Waals surface area contributed by atoms with Crippen molar-refractivity contribution in [1.29, 1.82) is 0 Å². The average molecular weight is 231 g/mol. The molecule has 0 radical (unpaired) electrons. The molecule has 6 nitrogen and oxygen atoms in total. The number of anilines is 3. The van der Waals surface area contributed by atoms with E-state index in [0.29, 0.717) is 22.8 Å². The van der Waals surface area contributed by atoms with E-state index < -0.39 is 0 Å². The highest BCUT2D eigenvalue weighted by molar-refractivity contribution is 6.07. The zero-order valence-electron chi connectivity index (χ0n) is 9.32. The van der Waals surface area contributed by atoms with Crippen molar-refractivity contribution in [1.82, 2.24) is 10.2 Å². The van der Waals surface area contributed by atoms with Gasteiger partial charge in [-0.3, -0.25) is 9.89 Å². The van der Waals surface area contributed by atoms with Crippen LogP contribution in [0.5, 0.6) is 0 Å². The van der Waals surface area contributed by atoms with E-state index in [1.807, 2.05) is 6.92 Å². The van der Waals surface area contributed by atoms with Crippen LogP contribution in [0.15, 0.2) is 24.4 Å². The Kier molecular flexibility index (Phi) is 2.70. The van der Waals surface area contributed by atoms with Crippen molar-refractivity contribution in [2.24, 2.45) is 0 Å². The van der Waals surface area contributed by atoms with Gasteiger partial charge >= 0.3 is 0 Å². The van der Waals surface area contributed by atoms with Crippen molar-refractivity contribution in [2.45, 2.75) is 6.92 Å². The first kappa shape index (κ1) is 11.0. The van der Waals surface area contributed by atoms with E-state index in [1.165, 1.54) is 0 Å². The molecule has 0 bridgehead atoms. The first-order chi connectivity index (χ1) is 8.08.